The van der Waals surface area contributed by atoms with Crippen molar-refractivity contribution < 1.29 is 22.8 Å². The van der Waals surface area contributed by atoms with Crippen molar-refractivity contribution >= 4 is 95.4 Å². The average Bonchev–Trinajstić information content (AvgIpc) is 2.10. The van der Waals surface area contributed by atoms with Crippen LogP contribution in [-0.4, -0.2) is 61.5 Å². The van der Waals surface area contributed by atoms with Gasteiger partial charge in [0.1, 0.15) is 17.5 Å². The summed E-state index contributed by atoms with van der Waals surface area (Å²) in [5.41, 5.74) is 7.83. The number of ether oxygens (including phenoxy) is 1. The summed E-state index contributed by atoms with van der Waals surface area (Å²) in [7, 11) is 1.66. The highest BCUT2D eigenvalue weighted by molar-refractivity contribution is 6.31. The number of H-pyrrole nitrogens is 1. The Morgan fingerprint density at radius 3 is 1.50 bits per heavy atom. The maximum atomic E-state index is 13.9. The zero-order valence-corrected chi connectivity index (χ0v) is 53.9. The molecule has 3 aliphatic carbocycles. The van der Waals surface area contributed by atoms with Gasteiger partial charge in [0.25, 0.3) is 5.56 Å². The van der Waals surface area contributed by atoms with Gasteiger partial charge >= 0.3 is 5.82 Å². The van der Waals surface area contributed by atoms with E-state index in [1.807, 2.05) is 41.5 Å². The molecule has 0 saturated heterocycles. The number of nitrogens with one attached hydrogen (secondary N) is 1. The fourth-order valence-electron chi connectivity index (χ4n) is 14.9. The molecule has 11 aromatic rings. The van der Waals surface area contributed by atoms with Gasteiger partial charge in [-0.15, -0.1) is 5.10 Å². The Hall–Kier alpha value is -8.06. The van der Waals surface area contributed by atoms with E-state index in [-0.39, 0.29) is 40.9 Å². The molecule has 21 heteroatoms. The molecule has 3 atom stereocenters. The van der Waals surface area contributed by atoms with Gasteiger partial charge in [-0.05, 0) is 263 Å². The number of hydrogen-bond acceptors (Lipinski definition) is 11. The molecule has 8 aromatic heterocycles. The summed E-state index contributed by atoms with van der Waals surface area (Å²) in [5.74, 6) is 3.01. The van der Waals surface area contributed by atoms with E-state index < -0.39 is 4.92 Å². The number of methoxy groups -OCH3 is 1. The Morgan fingerprint density at radius 2 is 1.01 bits per heavy atom. The molecule has 476 valence electrons. The summed E-state index contributed by atoms with van der Waals surface area (Å²) >= 11 is 18.1. The molecule has 1 N–H and O–H groups in total. The second kappa shape index (κ2) is 28.0. The first-order valence-electron chi connectivity index (χ1n) is 31.7. The molecule has 0 amide bonds. The van der Waals surface area contributed by atoms with E-state index in [0.29, 0.717) is 91.0 Å². The van der Waals surface area contributed by atoms with Crippen molar-refractivity contribution in [2.24, 2.45) is 23.7 Å². The predicted octanol–water partition coefficient (Wildman–Crippen LogP) is 18.8. The number of hydrogen-bond donors (Lipinski definition) is 1. The fraction of sp³-hybridized carbons (Fsp3) is 0.380. The number of aromatic nitrogens is 10. The van der Waals surface area contributed by atoms with Gasteiger partial charge in [0.2, 0.25) is 5.88 Å². The number of fused-ring (bicyclic) bond motifs is 5. The van der Waals surface area contributed by atoms with Crippen molar-refractivity contribution in [3.8, 4) is 5.88 Å². The largest absolute Gasteiger partial charge is 0.481 e. The highest BCUT2D eigenvalue weighted by Gasteiger charge is 2.33. The van der Waals surface area contributed by atoms with Crippen LogP contribution in [0.1, 0.15) is 156 Å². The van der Waals surface area contributed by atoms with Gasteiger partial charge in [0.05, 0.1) is 67.1 Å². The zero-order valence-electron chi connectivity index (χ0n) is 51.6. The lowest BCUT2D eigenvalue weighted by atomic mass is 9.72. The van der Waals surface area contributed by atoms with Crippen LogP contribution in [0.25, 0.3) is 54.8 Å². The van der Waals surface area contributed by atoms with E-state index in [1.165, 1.54) is 41.1 Å². The van der Waals surface area contributed by atoms with Crippen LogP contribution in [0.2, 0.25) is 15.1 Å². The van der Waals surface area contributed by atoms with Crippen LogP contribution >= 0.6 is 34.8 Å². The van der Waals surface area contributed by atoms with Crippen LogP contribution in [0.15, 0.2) is 133 Å². The van der Waals surface area contributed by atoms with Gasteiger partial charge in [-0.3, -0.25) is 24.8 Å². The van der Waals surface area contributed by atoms with Crippen LogP contribution in [0.5, 0.6) is 5.88 Å². The molecule has 3 fully saturated rings. The van der Waals surface area contributed by atoms with Crippen molar-refractivity contribution in [2.75, 3.05) is 7.11 Å². The normalized spacial score (nSPS) is 20.3. The van der Waals surface area contributed by atoms with E-state index >= 15 is 0 Å². The van der Waals surface area contributed by atoms with E-state index in [2.05, 4.69) is 61.8 Å². The maximum absolute atomic E-state index is 13.9. The lowest BCUT2D eigenvalue weighted by Gasteiger charge is -2.33. The third kappa shape index (κ3) is 13.8. The molecule has 92 heavy (non-hydrogen) atoms. The van der Waals surface area contributed by atoms with E-state index in [1.54, 1.807) is 72.7 Å². The topological polar surface area (TPSA) is 185 Å². The number of aromatic amines is 1. The number of aryl methyl sites for hydroxylation is 1. The Bertz CT molecular complexity index is 4540. The monoisotopic (exact) mass is 1300 g/mol. The van der Waals surface area contributed by atoms with Gasteiger partial charge in [-0.1, -0.05) is 41.7 Å². The van der Waals surface area contributed by atoms with Crippen LogP contribution in [-0.2, 0) is 6.42 Å². The number of pyridine rings is 6. The second-order valence-electron chi connectivity index (χ2n) is 25.2. The lowest BCUT2D eigenvalue weighted by molar-refractivity contribution is -0.390. The first kappa shape index (κ1) is 64.1. The Kier molecular flexibility index (Phi) is 19.5. The standard InChI is InChI=1S/C24H24ClFN4O.C24H25ClFN3O2.C23H22ClFN4O/c1-14(30-24(31-2)21-11-17(25)13-28-23(21)29-30)15-3-5-16(6-4-15)19-9-10-27-22-8-7-18(26)12-20(19)22;1-15(2-3-18-12-19(25)14-28-24(18)29(30)31)16-4-6-17(7-5-16)21-10-11-27-23-9-8-20(26)13-22(21)23;1-13(29-23(30)20-10-16(24)12-27-22(20)28-29)14-2-4-15(5-3-14)18-8-9-26-21-7-6-17(25)11-19(18)21/h7-16H,3-6H2,1-2H3;8-17H,2-7H2,1H3;6-15H,2-5H2,1H3,(H,27,28)/t14-,15?,16?;15-,16?,17?;13-,14?,15?/m101/s1. The third-order valence-corrected chi connectivity index (χ3v) is 20.6. The van der Waals surface area contributed by atoms with Crippen molar-refractivity contribution in [3.05, 3.63) is 203 Å². The van der Waals surface area contributed by atoms with Gasteiger partial charge < -0.3 is 14.9 Å². The Balaban J connectivity index is 0.000000133. The number of nitrogens with zero attached hydrogens (tertiary/aromatic N) is 10. The van der Waals surface area contributed by atoms with Gasteiger partial charge in [-0.2, -0.15) is 0 Å². The number of nitro groups is 1. The summed E-state index contributed by atoms with van der Waals surface area (Å²) in [4.78, 5) is 49.2. The number of halogens is 6. The van der Waals surface area contributed by atoms with Crippen molar-refractivity contribution in [1.29, 1.82) is 0 Å². The number of rotatable bonds is 13. The molecule has 0 radical (unpaired) electrons. The van der Waals surface area contributed by atoms with Gasteiger partial charge in [-0.25, -0.2) is 32.5 Å². The van der Waals surface area contributed by atoms with Crippen LogP contribution in [0.4, 0.5) is 19.0 Å². The highest BCUT2D eigenvalue weighted by atomic mass is 35.5. The van der Waals surface area contributed by atoms with Crippen LogP contribution in [0, 0.1) is 51.2 Å². The van der Waals surface area contributed by atoms with Crippen molar-refractivity contribution in [3.63, 3.8) is 0 Å². The molecule has 3 saturated carbocycles. The molecule has 0 aliphatic heterocycles. The fourth-order valence-corrected chi connectivity index (χ4v) is 15.4. The SMILES string of the molecule is COc1c2cc(Cl)cnc2nn1[C@H](C)C1CCC(c2ccnc3ccc(F)cc23)CC1.C[C@@H](CCc1cc(Cl)cnc1[N+](=O)[O-])C1CCC(c2ccnc3ccc(F)cc23)CC1.C[C@H](C1CCC(c2ccnc3ccc(F)cc23)CC1)n1[nH]c2ncc(Cl)cc2c1=O. The minimum Gasteiger partial charge on any atom is -0.481 e. The number of benzene rings is 3. The zero-order chi connectivity index (χ0) is 64.3. The summed E-state index contributed by atoms with van der Waals surface area (Å²) in [6.45, 7) is 6.50. The molecule has 0 unspecified atom stereocenters. The molecule has 15 nitrogen and oxygen atoms in total. The highest BCUT2D eigenvalue weighted by Crippen LogP contribution is 2.46. The second-order valence-corrected chi connectivity index (χ2v) is 26.5. The summed E-state index contributed by atoms with van der Waals surface area (Å²) in [5, 5.41) is 24.6. The third-order valence-electron chi connectivity index (χ3n) is 20.0. The minimum atomic E-state index is -0.441. The lowest BCUT2D eigenvalue weighted by Crippen LogP contribution is -2.28. The van der Waals surface area contributed by atoms with E-state index in [9.17, 15) is 28.1 Å². The summed E-state index contributed by atoms with van der Waals surface area (Å²) < 4.78 is 50.8. The van der Waals surface area contributed by atoms with Crippen LogP contribution in [0.3, 0.4) is 0 Å². The molecule has 3 aliphatic rings. The average molecular weight is 1310 g/mol. The van der Waals surface area contributed by atoms with Gasteiger partial charge in [0, 0.05) is 47.1 Å². The molecular formula is C71H71Cl3F3N11O4. The molecule has 14 rings (SSSR count). The minimum absolute atomic E-state index is 0.0399. The predicted molar refractivity (Wildman–Crippen MR) is 356 cm³/mol. The first-order chi connectivity index (χ1) is 44.5. The van der Waals surface area contributed by atoms with E-state index in [0.717, 1.165) is 122 Å². The maximum Gasteiger partial charge on any atom is 0.366 e. The van der Waals surface area contributed by atoms with Crippen molar-refractivity contribution in [2.45, 2.75) is 141 Å². The molecular weight excluding hydrogens is 1230 g/mol. The van der Waals surface area contributed by atoms with E-state index in [4.69, 9.17) is 44.6 Å². The smallest absolute Gasteiger partial charge is 0.366 e. The van der Waals surface area contributed by atoms with Crippen LogP contribution < -0.4 is 10.3 Å². The van der Waals surface area contributed by atoms with Crippen molar-refractivity contribution in [1.82, 2.24) is 49.5 Å². The summed E-state index contributed by atoms with van der Waals surface area (Å²) in [6, 6.07) is 25.9. The quantitative estimate of drug-likeness (QED) is 0.0855. The molecule has 8 heterocycles. The Labute approximate surface area is 545 Å². The molecule has 0 spiro atoms. The molecule has 3 aromatic carbocycles. The molecule has 0 bridgehead atoms. The first-order valence-corrected chi connectivity index (χ1v) is 32.9. The Morgan fingerprint density at radius 1 is 0.565 bits per heavy atom. The van der Waals surface area contributed by atoms with Gasteiger partial charge in [0.15, 0.2) is 17.5 Å². The summed E-state index contributed by atoms with van der Waals surface area (Å²) in [6.07, 6.45) is 24.0.